The van der Waals surface area contributed by atoms with E-state index in [1.807, 2.05) is 18.2 Å². The van der Waals surface area contributed by atoms with Gasteiger partial charge in [-0.25, -0.2) is 4.79 Å². The third-order valence-electron chi connectivity index (χ3n) is 3.89. The summed E-state index contributed by atoms with van der Waals surface area (Å²) in [6.45, 7) is 1.57. The standard InChI is InChI=1S/C18H18N2O6/c21-18(20-9-12-1-3-14-16(7-12)25-10-23-14)19-5-6-22-13-2-4-15-17(8-13)26-11-24-15/h1-4,7-8H,5-6,9-11H2,(H2,19,20,21). The number of ether oxygens (including phenoxy) is 5. The molecule has 0 aliphatic carbocycles. The molecule has 0 atom stereocenters. The number of rotatable bonds is 6. The van der Waals surface area contributed by atoms with Gasteiger partial charge in [0.15, 0.2) is 23.0 Å². The van der Waals surface area contributed by atoms with Crippen molar-refractivity contribution in [2.75, 3.05) is 26.7 Å². The van der Waals surface area contributed by atoms with Crippen molar-refractivity contribution in [1.82, 2.24) is 10.6 Å². The molecule has 2 N–H and O–H groups in total. The maximum absolute atomic E-state index is 11.8. The SMILES string of the molecule is O=C(NCCOc1ccc2c(c1)OCO2)NCc1ccc2c(c1)OCO2. The van der Waals surface area contributed by atoms with Crippen LogP contribution in [0.1, 0.15) is 5.56 Å². The lowest BCUT2D eigenvalue weighted by Gasteiger charge is -2.10. The van der Waals surface area contributed by atoms with Gasteiger partial charge >= 0.3 is 6.03 Å². The smallest absolute Gasteiger partial charge is 0.315 e. The van der Waals surface area contributed by atoms with Crippen LogP contribution < -0.4 is 34.3 Å². The highest BCUT2D eigenvalue weighted by molar-refractivity contribution is 5.73. The molecule has 0 saturated carbocycles. The van der Waals surface area contributed by atoms with Crippen LogP contribution in [0, 0.1) is 0 Å². The van der Waals surface area contributed by atoms with Gasteiger partial charge in [0.05, 0.1) is 6.54 Å². The second-order valence-electron chi connectivity index (χ2n) is 5.66. The van der Waals surface area contributed by atoms with E-state index in [-0.39, 0.29) is 19.6 Å². The van der Waals surface area contributed by atoms with E-state index in [1.165, 1.54) is 0 Å². The molecule has 136 valence electrons. The molecule has 0 fully saturated rings. The monoisotopic (exact) mass is 358 g/mol. The van der Waals surface area contributed by atoms with Crippen LogP contribution in [0.4, 0.5) is 4.79 Å². The molecule has 4 rings (SSSR count). The van der Waals surface area contributed by atoms with Gasteiger partial charge in [-0.2, -0.15) is 0 Å². The highest BCUT2D eigenvalue weighted by atomic mass is 16.7. The number of fused-ring (bicyclic) bond motifs is 2. The minimum atomic E-state index is -0.267. The van der Waals surface area contributed by atoms with Crippen LogP contribution in [0.15, 0.2) is 36.4 Å². The van der Waals surface area contributed by atoms with Gasteiger partial charge in [-0.3, -0.25) is 0 Å². The molecule has 2 aliphatic heterocycles. The fraction of sp³-hybridized carbons (Fsp3) is 0.278. The van der Waals surface area contributed by atoms with Crippen molar-refractivity contribution in [3.05, 3.63) is 42.0 Å². The van der Waals surface area contributed by atoms with E-state index in [1.54, 1.807) is 18.2 Å². The average molecular weight is 358 g/mol. The van der Waals surface area contributed by atoms with Crippen LogP contribution in [-0.2, 0) is 6.54 Å². The zero-order valence-corrected chi connectivity index (χ0v) is 13.9. The van der Waals surface area contributed by atoms with E-state index in [0.717, 1.165) is 11.3 Å². The normalized spacial score (nSPS) is 13.4. The number of amides is 2. The Kier molecular flexibility index (Phi) is 4.55. The van der Waals surface area contributed by atoms with Gasteiger partial charge < -0.3 is 34.3 Å². The molecule has 26 heavy (non-hydrogen) atoms. The molecule has 2 amide bonds. The molecule has 0 aromatic heterocycles. The number of benzene rings is 2. The second kappa shape index (κ2) is 7.30. The summed E-state index contributed by atoms with van der Waals surface area (Å²) >= 11 is 0. The Labute approximate surface area is 149 Å². The fourth-order valence-electron chi connectivity index (χ4n) is 2.60. The van der Waals surface area contributed by atoms with Gasteiger partial charge in [0, 0.05) is 12.6 Å². The van der Waals surface area contributed by atoms with E-state index < -0.39 is 0 Å². The van der Waals surface area contributed by atoms with Crippen LogP contribution in [0.2, 0.25) is 0 Å². The number of nitrogens with one attached hydrogen (secondary N) is 2. The molecule has 2 aliphatic rings. The van der Waals surface area contributed by atoms with Crippen LogP contribution in [-0.4, -0.2) is 32.8 Å². The van der Waals surface area contributed by atoms with E-state index in [2.05, 4.69) is 10.6 Å². The van der Waals surface area contributed by atoms with Gasteiger partial charge in [0.2, 0.25) is 13.6 Å². The molecule has 0 saturated heterocycles. The summed E-state index contributed by atoms with van der Waals surface area (Å²) in [5.74, 6) is 3.45. The van der Waals surface area contributed by atoms with Crippen molar-refractivity contribution in [1.29, 1.82) is 0 Å². The Morgan fingerprint density at radius 1 is 0.885 bits per heavy atom. The molecule has 2 aromatic rings. The number of hydrogen-bond acceptors (Lipinski definition) is 6. The maximum Gasteiger partial charge on any atom is 0.315 e. The quantitative estimate of drug-likeness (QED) is 0.769. The molecule has 2 heterocycles. The first-order valence-corrected chi connectivity index (χ1v) is 8.20. The van der Waals surface area contributed by atoms with Gasteiger partial charge in [0.25, 0.3) is 0 Å². The Hall–Kier alpha value is -3.29. The lowest BCUT2D eigenvalue weighted by molar-refractivity contribution is 0.173. The Morgan fingerprint density at radius 3 is 2.38 bits per heavy atom. The minimum Gasteiger partial charge on any atom is -0.492 e. The van der Waals surface area contributed by atoms with Crippen molar-refractivity contribution >= 4 is 6.03 Å². The van der Waals surface area contributed by atoms with Gasteiger partial charge in [-0.1, -0.05) is 6.07 Å². The topological polar surface area (TPSA) is 87.3 Å². The number of urea groups is 1. The Morgan fingerprint density at radius 2 is 1.58 bits per heavy atom. The third kappa shape index (κ3) is 3.69. The lowest BCUT2D eigenvalue weighted by atomic mass is 10.2. The summed E-state index contributed by atoms with van der Waals surface area (Å²) in [5, 5.41) is 5.53. The second-order valence-corrected chi connectivity index (χ2v) is 5.66. The molecule has 2 aromatic carbocycles. The number of carbonyl (C=O) groups excluding carboxylic acids is 1. The van der Waals surface area contributed by atoms with Crippen molar-refractivity contribution in [2.45, 2.75) is 6.54 Å². The first-order chi connectivity index (χ1) is 12.8. The summed E-state index contributed by atoms with van der Waals surface area (Å²) in [6, 6.07) is 10.7. The molecule has 8 nitrogen and oxygen atoms in total. The first-order valence-electron chi connectivity index (χ1n) is 8.20. The summed E-state index contributed by atoms with van der Waals surface area (Å²) in [5.41, 5.74) is 0.931. The third-order valence-corrected chi connectivity index (χ3v) is 3.89. The van der Waals surface area contributed by atoms with Crippen LogP contribution >= 0.6 is 0 Å². The Bertz CT molecular complexity index is 810. The number of carbonyl (C=O) groups is 1. The number of hydrogen-bond donors (Lipinski definition) is 2. The van der Waals surface area contributed by atoms with Crippen molar-refractivity contribution < 1.29 is 28.5 Å². The Balaban J connectivity index is 1.16. The lowest BCUT2D eigenvalue weighted by Crippen LogP contribution is -2.37. The summed E-state index contributed by atoms with van der Waals surface area (Å²) in [6.07, 6.45) is 0. The molecule has 0 unspecified atom stereocenters. The molecule has 0 radical (unpaired) electrons. The predicted octanol–water partition coefficient (Wildman–Crippen LogP) is 2.02. The zero-order chi connectivity index (χ0) is 17.8. The summed E-state index contributed by atoms with van der Waals surface area (Å²) < 4.78 is 26.7. The maximum atomic E-state index is 11.8. The molecular formula is C18H18N2O6. The first kappa shape index (κ1) is 16.2. The van der Waals surface area contributed by atoms with Gasteiger partial charge in [-0.15, -0.1) is 0 Å². The van der Waals surface area contributed by atoms with Crippen molar-refractivity contribution in [3.63, 3.8) is 0 Å². The van der Waals surface area contributed by atoms with E-state index in [9.17, 15) is 4.79 Å². The highest BCUT2D eigenvalue weighted by Gasteiger charge is 2.14. The van der Waals surface area contributed by atoms with E-state index in [0.29, 0.717) is 42.7 Å². The van der Waals surface area contributed by atoms with E-state index >= 15 is 0 Å². The minimum absolute atomic E-state index is 0.226. The molecule has 0 bridgehead atoms. The van der Waals surface area contributed by atoms with Crippen molar-refractivity contribution in [3.8, 4) is 28.7 Å². The van der Waals surface area contributed by atoms with Crippen LogP contribution in [0.3, 0.4) is 0 Å². The highest BCUT2D eigenvalue weighted by Crippen LogP contribution is 2.35. The largest absolute Gasteiger partial charge is 0.492 e. The zero-order valence-electron chi connectivity index (χ0n) is 13.9. The average Bonchev–Trinajstić information content (AvgIpc) is 3.31. The predicted molar refractivity (Wildman–Crippen MR) is 90.9 cm³/mol. The van der Waals surface area contributed by atoms with Gasteiger partial charge in [-0.05, 0) is 29.8 Å². The molecule has 0 spiro atoms. The van der Waals surface area contributed by atoms with Crippen LogP contribution in [0.25, 0.3) is 0 Å². The van der Waals surface area contributed by atoms with E-state index in [4.69, 9.17) is 23.7 Å². The summed E-state index contributed by atoms with van der Waals surface area (Å²) in [4.78, 5) is 11.8. The van der Waals surface area contributed by atoms with Gasteiger partial charge in [0.1, 0.15) is 12.4 Å². The summed E-state index contributed by atoms with van der Waals surface area (Å²) in [7, 11) is 0. The molecular weight excluding hydrogens is 340 g/mol. The van der Waals surface area contributed by atoms with Crippen molar-refractivity contribution in [2.24, 2.45) is 0 Å². The van der Waals surface area contributed by atoms with Crippen LogP contribution in [0.5, 0.6) is 28.7 Å². The fourth-order valence-corrected chi connectivity index (χ4v) is 2.60. The molecule has 8 heteroatoms.